The zero-order valence-corrected chi connectivity index (χ0v) is 25.8. The molecule has 2 heterocycles. The number of rotatable bonds is 7. The maximum atomic E-state index is 5.39. The number of aromatic nitrogens is 3. The lowest BCUT2D eigenvalue weighted by molar-refractivity contribution is 0.733. The number of para-hydroxylation sites is 2. The zero-order valence-electron chi connectivity index (χ0n) is 25.8. The van der Waals surface area contributed by atoms with Gasteiger partial charge in [0.05, 0.1) is 5.52 Å². The third kappa shape index (κ3) is 4.74. The van der Waals surface area contributed by atoms with Gasteiger partial charge in [0.2, 0.25) is 0 Å². The summed E-state index contributed by atoms with van der Waals surface area (Å²) >= 11 is 0. The summed E-state index contributed by atoms with van der Waals surface area (Å²) in [5, 5.41) is 5.36. The topological polar surface area (TPSA) is 34.8 Å². The molecule has 0 aliphatic heterocycles. The summed E-state index contributed by atoms with van der Waals surface area (Å²) in [7, 11) is 2.13. The first-order valence-corrected chi connectivity index (χ1v) is 14.6. The fourth-order valence-electron chi connectivity index (χ4n) is 6.44. The molecule has 0 radical (unpaired) electrons. The summed E-state index contributed by atoms with van der Waals surface area (Å²) < 4.78 is 4.52. The first kappa shape index (κ1) is 27.8. The summed E-state index contributed by atoms with van der Waals surface area (Å²) in [6, 6.07) is 19.9. The van der Waals surface area contributed by atoms with Crippen LogP contribution in [0, 0.1) is 34.6 Å². The quantitative estimate of drug-likeness (QED) is 0.227. The molecule has 1 atom stereocenters. The Morgan fingerprint density at radius 3 is 1.98 bits per heavy atom. The third-order valence-corrected chi connectivity index (χ3v) is 8.50. The van der Waals surface area contributed by atoms with Gasteiger partial charge in [-0.25, -0.2) is 4.98 Å². The molecule has 0 saturated heterocycles. The van der Waals surface area contributed by atoms with E-state index in [1.807, 2.05) is 0 Å². The first-order chi connectivity index (χ1) is 19.0. The molecule has 40 heavy (non-hydrogen) atoms. The van der Waals surface area contributed by atoms with Crippen molar-refractivity contribution in [1.82, 2.24) is 14.1 Å². The fourth-order valence-corrected chi connectivity index (χ4v) is 6.44. The second kappa shape index (κ2) is 10.6. The van der Waals surface area contributed by atoms with Crippen LogP contribution in [0.5, 0.6) is 0 Å². The van der Waals surface area contributed by atoms with Crippen molar-refractivity contribution < 1.29 is 0 Å². The predicted molar refractivity (Wildman–Crippen MR) is 170 cm³/mol. The number of imidazole rings is 1. The highest BCUT2D eigenvalue weighted by Gasteiger charge is 2.27. The Hall–Kier alpha value is -3.79. The molecular weight excluding hydrogens is 488 g/mol. The van der Waals surface area contributed by atoms with Gasteiger partial charge >= 0.3 is 0 Å². The maximum Gasteiger partial charge on any atom is 0.155 e. The third-order valence-electron chi connectivity index (χ3n) is 8.50. The lowest BCUT2D eigenvalue weighted by atomic mass is 9.89. The van der Waals surface area contributed by atoms with Crippen LogP contribution in [-0.2, 0) is 7.05 Å². The van der Waals surface area contributed by atoms with Crippen molar-refractivity contribution in [2.24, 2.45) is 7.05 Å². The van der Waals surface area contributed by atoms with E-state index in [0.717, 1.165) is 11.6 Å². The van der Waals surface area contributed by atoms with Crippen molar-refractivity contribution in [3.05, 3.63) is 111 Å². The first-order valence-electron chi connectivity index (χ1n) is 14.6. The monoisotopic (exact) mass is 532 g/mol. The molecule has 208 valence electrons. The number of nitrogens with one attached hydrogen (secondary N) is 1. The molecule has 2 aromatic heterocycles. The molecule has 0 fully saturated rings. The molecule has 1 N–H and O–H groups in total. The minimum Gasteiger partial charge on any atom is -0.371 e. The minimum atomic E-state index is -0.111. The highest BCUT2D eigenvalue weighted by atomic mass is 15.2. The Bertz CT molecular complexity index is 1650. The summed E-state index contributed by atoms with van der Waals surface area (Å²) in [6.45, 7) is 20.2. The number of fused-ring (bicyclic) bond motifs is 1. The molecule has 0 aliphatic carbocycles. The van der Waals surface area contributed by atoms with Crippen molar-refractivity contribution in [3.63, 3.8) is 0 Å². The van der Waals surface area contributed by atoms with Gasteiger partial charge in [0.15, 0.2) is 5.82 Å². The maximum absolute atomic E-state index is 5.39. The Morgan fingerprint density at radius 2 is 1.38 bits per heavy atom. The number of benzene rings is 3. The molecule has 1 unspecified atom stereocenters. The van der Waals surface area contributed by atoms with E-state index >= 15 is 0 Å². The van der Waals surface area contributed by atoms with Crippen LogP contribution in [0.25, 0.3) is 16.7 Å². The standard InChI is InChI=1S/C36H44N4/c1-21(2)28-15-13-16-29(22(3)4)34(28)38-35(33-24(6)18-23(5)19-25(33)7)36-37-32(20-39(36)10)40-27(9)26(8)30-14-11-12-17-31(30)40/h11-22,35,38H,1-10H3. The van der Waals surface area contributed by atoms with Crippen molar-refractivity contribution in [2.45, 2.75) is 80.2 Å². The molecule has 4 heteroatoms. The molecule has 5 rings (SSSR count). The van der Waals surface area contributed by atoms with Gasteiger partial charge in [-0.05, 0) is 85.9 Å². The Morgan fingerprint density at radius 1 is 0.775 bits per heavy atom. The van der Waals surface area contributed by atoms with E-state index in [2.05, 4.69) is 145 Å². The van der Waals surface area contributed by atoms with E-state index in [1.165, 1.54) is 61.2 Å². The van der Waals surface area contributed by atoms with Crippen molar-refractivity contribution in [2.75, 3.05) is 5.32 Å². The van der Waals surface area contributed by atoms with Crippen LogP contribution in [0.4, 0.5) is 5.69 Å². The van der Waals surface area contributed by atoms with E-state index in [9.17, 15) is 0 Å². The minimum absolute atomic E-state index is 0.111. The van der Waals surface area contributed by atoms with Crippen molar-refractivity contribution in [3.8, 4) is 5.82 Å². The summed E-state index contributed by atoms with van der Waals surface area (Å²) in [5.74, 6) is 2.76. The normalized spacial score (nSPS) is 12.6. The van der Waals surface area contributed by atoms with E-state index in [4.69, 9.17) is 4.98 Å². The largest absolute Gasteiger partial charge is 0.371 e. The molecule has 0 aliphatic rings. The van der Waals surface area contributed by atoms with E-state index in [-0.39, 0.29) is 6.04 Å². The van der Waals surface area contributed by atoms with Gasteiger partial charge in [-0.1, -0.05) is 81.8 Å². The number of anilines is 1. The molecular formula is C36H44N4. The highest BCUT2D eigenvalue weighted by molar-refractivity contribution is 5.86. The van der Waals surface area contributed by atoms with Gasteiger partial charge in [0.25, 0.3) is 0 Å². The second-order valence-corrected chi connectivity index (χ2v) is 12.1. The lowest BCUT2D eigenvalue weighted by Crippen LogP contribution is -2.21. The van der Waals surface area contributed by atoms with E-state index in [0.29, 0.717) is 11.8 Å². The van der Waals surface area contributed by atoms with Crippen molar-refractivity contribution >= 4 is 16.6 Å². The molecule has 0 bridgehead atoms. The van der Waals surface area contributed by atoms with Crippen LogP contribution in [0.3, 0.4) is 0 Å². The van der Waals surface area contributed by atoms with Crippen LogP contribution in [0.1, 0.15) is 96.0 Å². The number of nitrogens with zero attached hydrogens (tertiary/aromatic N) is 3. The van der Waals surface area contributed by atoms with Crippen molar-refractivity contribution in [1.29, 1.82) is 0 Å². The van der Waals surface area contributed by atoms with Crippen LogP contribution in [0.2, 0.25) is 0 Å². The average Bonchev–Trinajstić information content (AvgIpc) is 3.39. The Labute approximate surface area is 240 Å². The smallest absolute Gasteiger partial charge is 0.155 e. The Balaban J connectivity index is 1.75. The van der Waals surface area contributed by atoms with Crippen LogP contribution in [-0.4, -0.2) is 14.1 Å². The number of aryl methyl sites for hydroxylation is 5. The number of hydrogen-bond donors (Lipinski definition) is 1. The molecule has 0 spiro atoms. The van der Waals surface area contributed by atoms with Gasteiger partial charge < -0.3 is 9.88 Å². The van der Waals surface area contributed by atoms with Gasteiger partial charge in [0, 0.05) is 30.0 Å². The molecule has 4 nitrogen and oxygen atoms in total. The Kier molecular flexibility index (Phi) is 7.39. The van der Waals surface area contributed by atoms with Gasteiger partial charge in [-0.15, -0.1) is 0 Å². The lowest BCUT2D eigenvalue weighted by Gasteiger charge is -2.28. The van der Waals surface area contributed by atoms with Crippen LogP contribution in [0.15, 0.2) is 60.8 Å². The zero-order chi connectivity index (χ0) is 28.9. The fraction of sp³-hybridized carbons (Fsp3) is 0.361. The summed E-state index contributed by atoms with van der Waals surface area (Å²) in [4.78, 5) is 5.39. The average molecular weight is 533 g/mol. The van der Waals surface area contributed by atoms with Gasteiger partial charge in [0.1, 0.15) is 11.9 Å². The van der Waals surface area contributed by atoms with E-state index in [1.54, 1.807) is 0 Å². The molecule has 5 aromatic rings. The number of hydrogen-bond acceptors (Lipinski definition) is 2. The second-order valence-electron chi connectivity index (χ2n) is 12.1. The summed E-state index contributed by atoms with van der Waals surface area (Å²) in [6.07, 6.45) is 2.18. The van der Waals surface area contributed by atoms with Crippen LogP contribution < -0.4 is 5.32 Å². The molecule has 0 amide bonds. The highest BCUT2D eigenvalue weighted by Crippen LogP contribution is 2.39. The van der Waals surface area contributed by atoms with Gasteiger partial charge in [-0.2, -0.15) is 0 Å². The van der Waals surface area contributed by atoms with Gasteiger partial charge in [-0.3, -0.25) is 4.57 Å². The molecule has 3 aromatic carbocycles. The van der Waals surface area contributed by atoms with E-state index < -0.39 is 0 Å². The summed E-state index contributed by atoms with van der Waals surface area (Å²) in [5.41, 5.74) is 12.8. The molecule has 0 saturated carbocycles. The predicted octanol–water partition coefficient (Wildman–Crippen LogP) is 9.35. The SMILES string of the molecule is Cc1cc(C)c(C(Nc2c(C(C)C)cccc2C(C)C)c2nc(-n3c(C)c(C)c4ccccc43)cn2C)c(C)c1. The van der Waals surface area contributed by atoms with Crippen LogP contribution >= 0.6 is 0 Å².